The molecule has 2 rings (SSSR count). The lowest BCUT2D eigenvalue weighted by atomic mass is 9.79. The molecule has 0 N–H and O–H groups in total. The van der Waals surface area contributed by atoms with Gasteiger partial charge >= 0.3 is 7.12 Å². The van der Waals surface area contributed by atoms with Crippen molar-refractivity contribution in [3.05, 3.63) is 29.8 Å². The topological polar surface area (TPSA) is 27.7 Å². The van der Waals surface area contributed by atoms with Crippen molar-refractivity contribution < 1.29 is 13.7 Å². The van der Waals surface area contributed by atoms with E-state index in [2.05, 4.69) is 85.8 Å². The molecular formula is C21H37BO3Si. The Bertz CT molecular complexity index is 587. The maximum absolute atomic E-state index is 6.27. The van der Waals surface area contributed by atoms with E-state index in [0.717, 1.165) is 24.9 Å². The van der Waals surface area contributed by atoms with E-state index >= 15 is 0 Å². The molecule has 146 valence electrons. The van der Waals surface area contributed by atoms with E-state index in [0.29, 0.717) is 0 Å². The highest BCUT2D eigenvalue weighted by Crippen LogP contribution is 2.37. The number of hydrogen-bond acceptors (Lipinski definition) is 3. The molecule has 1 aromatic carbocycles. The van der Waals surface area contributed by atoms with Gasteiger partial charge in [0.25, 0.3) is 0 Å². The molecule has 0 bridgehead atoms. The maximum Gasteiger partial charge on any atom is 0.494 e. The SMILES string of the molecule is CC1(C)OB(c2ccc(CCCO[Si](C)(C)C(C)(C)C)cc2)OC1(C)C. The third-order valence-electron chi connectivity index (χ3n) is 6.38. The predicted molar refractivity (Wildman–Crippen MR) is 114 cm³/mol. The number of rotatable bonds is 6. The summed E-state index contributed by atoms with van der Waals surface area (Å²) in [4.78, 5) is 0. The van der Waals surface area contributed by atoms with Gasteiger partial charge in [0.05, 0.1) is 11.2 Å². The Morgan fingerprint density at radius 2 is 1.46 bits per heavy atom. The van der Waals surface area contributed by atoms with Gasteiger partial charge in [0.1, 0.15) is 0 Å². The van der Waals surface area contributed by atoms with Gasteiger partial charge in [0.15, 0.2) is 8.32 Å². The van der Waals surface area contributed by atoms with Gasteiger partial charge in [-0.15, -0.1) is 0 Å². The predicted octanol–water partition coefficient (Wildman–Crippen LogP) is 4.94. The summed E-state index contributed by atoms with van der Waals surface area (Å²) in [7, 11) is -1.91. The third kappa shape index (κ3) is 4.80. The van der Waals surface area contributed by atoms with Crippen LogP contribution >= 0.6 is 0 Å². The minimum absolute atomic E-state index is 0.275. The second-order valence-electron chi connectivity index (χ2n) is 10.0. The van der Waals surface area contributed by atoms with Crippen molar-refractivity contribution in [2.75, 3.05) is 6.61 Å². The van der Waals surface area contributed by atoms with Gasteiger partial charge in [0, 0.05) is 6.61 Å². The molecule has 1 aliphatic rings. The quantitative estimate of drug-likeness (QED) is 0.520. The Hall–Kier alpha value is -0.618. The summed E-state index contributed by atoms with van der Waals surface area (Å²) < 4.78 is 18.5. The first-order valence-corrected chi connectivity index (χ1v) is 12.7. The van der Waals surface area contributed by atoms with E-state index in [1.165, 1.54) is 5.56 Å². The van der Waals surface area contributed by atoms with Crippen LogP contribution in [0.15, 0.2) is 24.3 Å². The molecule has 5 heteroatoms. The van der Waals surface area contributed by atoms with E-state index in [1.54, 1.807) is 0 Å². The lowest BCUT2D eigenvalue weighted by molar-refractivity contribution is 0.00578. The molecule has 0 saturated carbocycles. The van der Waals surface area contributed by atoms with Crippen molar-refractivity contribution in [1.29, 1.82) is 0 Å². The summed E-state index contributed by atoms with van der Waals surface area (Å²) in [5.41, 5.74) is 1.84. The average molecular weight is 376 g/mol. The van der Waals surface area contributed by atoms with Crippen molar-refractivity contribution >= 4 is 20.9 Å². The molecule has 0 spiro atoms. The van der Waals surface area contributed by atoms with Gasteiger partial charge < -0.3 is 13.7 Å². The smallest absolute Gasteiger partial charge is 0.417 e. The van der Waals surface area contributed by atoms with Crippen LogP contribution in [-0.4, -0.2) is 33.2 Å². The monoisotopic (exact) mass is 376 g/mol. The summed E-state index contributed by atoms with van der Waals surface area (Å²) >= 11 is 0. The van der Waals surface area contributed by atoms with Crippen LogP contribution in [0.4, 0.5) is 0 Å². The van der Waals surface area contributed by atoms with Crippen LogP contribution in [0.25, 0.3) is 0 Å². The molecule has 26 heavy (non-hydrogen) atoms. The highest BCUT2D eigenvalue weighted by molar-refractivity contribution is 6.74. The van der Waals surface area contributed by atoms with Gasteiger partial charge in [0.2, 0.25) is 0 Å². The molecule has 1 fully saturated rings. The van der Waals surface area contributed by atoms with Gasteiger partial charge in [-0.25, -0.2) is 0 Å². The van der Waals surface area contributed by atoms with Crippen LogP contribution in [0.3, 0.4) is 0 Å². The van der Waals surface area contributed by atoms with Crippen molar-refractivity contribution in [3.8, 4) is 0 Å². The second-order valence-corrected chi connectivity index (χ2v) is 14.9. The molecule has 1 aromatic rings. The van der Waals surface area contributed by atoms with Crippen molar-refractivity contribution in [2.45, 2.75) is 90.6 Å². The Morgan fingerprint density at radius 3 is 1.92 bits per heavy atom. The first kappa shape index (κ1) is 21.7. The van der Waals surface area contributed by atoms with Crippen LogP contribution in [0.2, 0.25) is 18.1 Å². The van der Waals surface area contributed by atoms with Crippen molar-refractivity contribution in [1.82, 2.24) is 0 Å². The zero-order valence-corrected chi connectivity index (χ0v) is 19.2. The molecule has 0 amide bonds. The van der Waals surface area contributed by atoms with E-state index in [4.69, 9.17) is 13.7 Å². The molecule has 3 nitrogen and oxygen atoms in total. The molecule has 0 aliphatic carbocycles. The highest BCUT2D eigenvalue weighted by atomic mass is 28.4. The van der Waals surface area contributed by atoms with E-state index in [9.17, 15) is 0 Å². The molecule has 0 atom stereocenters. The van der Waals surface area contributed by atoms with E-state index in [1.807, 2.05) is 0 Å². The van der Waals surface area contributed by atoms with Gasteiger partial charge in [-0.05, 0) is 69.7 Å². The van der Waals surface area contributed by atoms with Crippen LogP contribution in [0, 0.1) is 0 Å². The first-order chi connectivity index (χ1) is 11.8. The van der Waals surface area contributed by atoms with E-state index < -0.39 is 8.32 Å². The fourth-order valence-electron chi connectivity index (χ4n) is 2.64. The minimum Gasteiger partial charge on any atom is -0.417 e. The van der Waals surface area contributed by atoms with Crippen molar-refractivity contribution in [2.24, 2.45) is 0 Å². The fourth-order valence-corrected chi connectivity index (χ4v) is 3.73. The normalized spacial score (nSPS) is 19.8. The average Bonchev–Trinajstić information content (AvgIpc) is 2.71. The standard InChI is InChI=1S/C21H37BO3Si/c1-19(2,3)26(8,9)23-16-10-11-17-12-14-18(15-13-17)22-24-20(4,5)21(6,7)25-22/h12-15H,10-11,16H2,1-9H3. The number of benzene rings is 1. The summed E-state index contributed by atoms with van der Waals surface area (Å²) in [6.07, 6.45) is 2.10. The Kier molecular flexibility index (Phi) is 6.19. The number of aryl methyl sites for hydroxylation is 1. The van der Waals surface area contributed by atoms with E-state index in [-0.39, 0.29) is 23.4 Å². The Morgan fingerprint density at radius 1 is 0.962 bits per heavy atom. The number of hydrogen-bond donors (Lipinski definition) is 0. The van der Waals surface area contributed by atoms with Crippen LogP contribution in [0.5, 0.6) is 0 Å². The van der Waals surface area contributed by atoms with Crippen molar-refractivity contribution in [3.63, 3.8) is 0 Å². The molecule has 1 heterocycles. The zero-order valence-electron chi connectivity index (χ0n) is 18.2. The van der Waals surface area contributed by atoms with Crippen LogP contribution in [0.1, 0.15) is 60.5 Å². The second kappa shape index (κ2) is 7.42. The Balaban J connectivity index is 1.85. The molecule has 1 saturated heterocycles. The van der Waals surface area contributed by atoms with Crippen LogP contribution < -0.4 is 5.46 Å². The lowest BCUT2D eigenvalue weighted by Gasteiger charge is -2.36. The first-order valence-electron chi connectivity index (χ1n) is 9.84. The molecular weight excluding hydrogens is 339 g/mol. The third-order valence-corrected chi connectivity index (χ3v) is 10.9. The maximum atomic E-state index is 6.27. The lowest BCUT2D eigenvalue weighted by Crippen LogP contribution is -2.41. The van der Waals surface area contributed by atoms with Gasteiger partial charge in [-0.1, -0.05) is 45.0 Å². The highest BCUT2D eigenvalue weighted by Gasteiger charge is 2.51. The summed E-state index contributed by atoms with van der Waals surface area (Å²) in [6, 6.07) is 8.64. The van der Waals surface area contributed by atoms with Crippen LogP contribution in [-0.2, 0) is 20.2 Å². The largest absolute Gasteiger partial charge is 0.494 e. The fraction of sp³-hybridized carbons (Fsp3) is 0.714. The molecule has 0 radical (unpaired) electrons. The Labute approximate surface area is 162 Å². The zero-order chi connectivity index (χ0) is 19.8. The summed E-state index contributed by atoms with van der Waals surface area (Å²) in [6.45, 7) is 20.7. The van der Waals surface area contributed by atoms with Gasteiger partial charge in [-0.2, -0.15) is 0 Å². The minimum atomic E-state index is -1.63. The summed E-state index contributed by atoms with van der Waals surface area (Å²) in [5.74, 6) is 0. The van der Waals surface area contributed by atoms with Gasteiger partial charge in [-0.3, -0.25) is 0 Å². The molecule has 0 aromatic heterocycles. The molecule has 1 aliphatic heterocycles. The summed E-state index contributed by atoms with van der Waals surface area (Å²) in [5, 5.41) is 0.275. The molecule has 0 unspecified atom stereocenters.